The number of nitrogens with one attached hydrogen (secondary N) is 1. The molecule has 4 heterocycles. The Morgan fingerprint density at radius 1 is 0.944 bits per heavy atom. The van der Waals surface area contributed by atoms with Crippen LogP contribution in [0.2, 0.25) is 0 Å². The number of benzene rings is 2. The van der Waals surface area contributed by atoms with Gasteiger partial charge in [-0.3, -0.25) is 4.40 Å². The molecule has 0 aliphatic carbocycles. The lowest BCUT2D eigenvalue weighted by atomic mass is 9.89. The van der Waals surface area contributed by atoms with Crippen LogP contribution in [0.15, 0.2) is 53.1 Å². The Hall–Kier alpha value is -3.19. The number of pyridine rings is 1. The standard InChI is InChI=1S/C29H31BrN4O2/c1-35-23-11-10-19(16-24(23)36-2)12-13-31-29-27(32-26-9-3-8-25(30)34(26)29)22-17-20-6-4-14-33-15-5-7-21(18-22)28(20)33/h3,8-11,16-18,31H,4-7,12-15H2,1-2H3. The Kier molecular flexibility index (Phi) is 6.25. The molecule has 186 valence electrons. The Morgan fingerprint density at radius 2 is 1.69 bits per heavy atom. The van der Waals surface area contributed by atoms with E-state index in [0.717, 1.165) is 59.1 Å². The fourth-order valence-electron chi connectivity index (χ4n) is 5.72. The fraction of sp³-hybridized carbons (Fsp3) is 0.345. The summed E-state index contributed by atoms with van der Waals surface area (Å²) in [6.45, 7) is 3.14. The maximum absolute atomic E-state index is 5.49. The summed E-state index contributed by atoms with van der Waals surface area (Å²) in [5, 5.41) is 3.72. The van der Waals surface area contributed by atoms with Crippen molar-refractivity contribution in [3.63, 3.8) is 0 Å². The highest BCUT2D eigenvalue weighted by atomic mass is 79.9. The number of imidazole rings is 1. The predicted octanol–water partition coefficient (Wildman–Crippen LogP) is 6.13. The second-order valence-corrected chi connectivity index (χ2v) is 10.4. The minimum absolute atomic E-state index is 0.747. The number of hydrogen-bond acceptors (Lipinski definition) is 5. The highest BCUT2D eigenvalue weighted by Crippen LogP contribution is 2.40. The summed E-state index contributed by atoms with van der Waals surface area (Å²) in [7, 11) is 3.34. The van der Waals surface area contributed by atoms with E-state index in [9.17, 15) is 0 Å². The molecule has 6 rings (SSSR count). The van der Waals surface area contributed by atoms with Gasteiger partial charge in [0.25, 0.3) is 0 Å². The van der Waals surface area contributed by atoms with E-state index in [-0.39, 0.29) is 0 Å². The Balaban J connectivity index is 1.36. The van der Waals surface area contributed by atoms with E-state index in [0.29, 0.717) is 0 Å². The molecule has 0 radical (unpaired) electrons. The van der Waals surface area contributed by atoms with Crippen LogP contribution in [0.5, 0.6) is 11.5 Å². The van der Waals surface area contributed by atoms with Gasteiger partial charge in [-0.2, -0.15) is 0 Å². The summed E-state index contributed by atoms with van der Waals surface area (Å²) in [5.41, 5.74) is 8.77. The van der Waals surface area contributed by atoms with Gasteiger partial charge in [0.05, 0.1) is 18.8 Å². The summed E-state index contributed by atoms with van der Waals surface area (Å²) in [5.74, 6) is 2.52. The van der Waals surface area contributed by atoms with Crippen molar-refractivity contribution in [2.24, 2.45) is 0 Å². The second kappa shape index (κ2) is 9.69. The molecule has 0 unspecified atom stereocenters. The zero-order chi connectivity index (χ0) is 24.6. The lowest BCUT2D eigenvalue weighted by Gasteiger charge is -2.37. The van der Waals surface area contributed by atoms with Gasteiger partial charge in [-0.25, -0.2) is 4.98 Å². The van der Waals surface area contributed by atoms with E-state index < -0.39 is 0 Å². The summed E-state index contributed by atoms with van der Waals surface area (Å²) in [4.78, 5) is 7.69. The molecule has 36 heavy (non-hydrogen) atoms. The molecule has 4 aromatic rings. The first-order valence-corrected chi connectivity index (χ1v) is 13.5. The number of rotatable bonds is 7. The maximum atomic E-state index is 5.49. The van der Waals surface area contributed by atoms with E-state index in [1.165, 1.54) is 53.9 Å². The molecule has 0 atom stereocenters. The van der Waals surface area contributed by atoms with Gasteiger partial charge >= 0.3 is 0 Å². The third-order valence-corrected chi connectivity index (χ3v) is 7.97. The van der Waals surface area contributed by atoms with Gasteiger partial charge in [0.15, 0.2) is 11.5 Å². The Morgan fingerprint density at radius 3 is 2.42 bits per heavy atom. The van der Waals surface area contributed by atoms with Crippen LogP contribution in [0, 0.1) is 0 Å². The number of fused-ring (bicyclic) bond motifs is 1. The maximum Gasteiger partial charge on any atom is 0.160 e. The van der Waals surface area contributed by atoms with Crippen LogP contribution < -0.4 is 19.7 Å². The largest absolute Gasteiger partial charge is 0.493 e. The zero-order valence-electron chi connectivity index (χ0n) is 20.8. The summed E-state index contributed by atoms with van der Waals surface area (Å²) >= 11 is 3.76. The first kappa shape index (κ1) is 23.2. The molecule has 0 saturated heterocycles. The number of hydrogen-bond donors (Lipinski definition) is 1. The first-order valence-electron chi connectivity index (χ1n) is 12.7. The minimum Gasteiger partial charge on any atom is -0.493 e. The lowest BCUT2D eigenvalue weighted by molar-refractivity contribution is 0.354. The number of methoxy groups -OCH3 is 2. The fourth-order valence-corrected chi connectivity index (χ4v) is 6.23. The average Bonchev–Trinajstić information content (AvgIpc) is 3.28. The molecular formula is C29H31BrN4O2. The van der Waals surface area contributed by atoms with Crippen LogP contribution in [0.1, 0.15) is 29.5 Å². The van der Waals surface area contributed by atoms with Crippen molar-refractivity contribution in [3.05, 3.63) is 69.8 Å². The molecule has 1 N–H and O–H groups in total. The van der Waals surface area contributed by atoms with Crippen molar-refractivity contribution in [1.82, 2.24) is 9.38 Å². The van der Waals surface area contributed by atoms with Gasteiger partial charge in [-0.1, -0.05) is 12.1 Å². The van der Waals surface area contributed by atoms with E-state index in [1.807, 2.05) is 18.2 Å². The molecule has 7 heteroatoms. The molecule has 0 saturated carbocycles. The Labute approximate surface area is 220 Å². The Bertz CT molecular complexity index is 1400. The molecule has 2 aliphatic heterocycles. The van der Waals surface area contributed by atoms with Crippen molar-refractivity contribution >= 4 is 33.1 Å². The van der Waals surface area contributed by atoms with Gasteiger partial charge in [0.1, 0.15) is 17.2 Å². The van der Waals surface area contributed by atoms with Crippen molar-refractivity contribution < 1.29 is 9.47 Å². The van der Waals surface area contributed by atoms with E-state index in [1.54, 1.807) is 14.2 Å². The van der Waals surface area contributed by atoms with Gasteiger partial charge < -0.3 is 19.7 Å². The molecule has 0 spiro atoms. The highest BCUT2D eigenvalue weighted by Gasteiger charge is 2.26. The first-order chi connectivity index (χ1) is 17.7. The molecule has 6 nitrogen and oxygen atoms in total. The highest BCUT2D eigenvalue weighted by molar-refractivity contribution is 9.10. The molecular weight excluding hydrogens is 516 g/mol. The normalized spacial score (nSPS) is 14.6. The van der Waals surface area contributed by atoms with Crippen LogP contribution in [0.4, 0.5) is 11.5 Å². The molecule has 0 fully saturated rings. The molecule has 0 bridgehead atoms. The van der Waals surface area contributed by atoms with Crippen LogP contribution in [0.25, 0.3) is 16.9 Å². The topological polar surface area (TPSA) is 51.0 Å². The molecule has 2 aliphatic rings. The van der Waals surface area contributed by atoms with Crippen LogP contribution >= 0.6 is 15.9 Å². The average molecular weight is 547 g/mol. The van der Waals surface area contributed by atoms with E-state index >= 15 is 0 Å². The third-order valence-electron chi connectivity index (χ3n) is 7.36. The third kappa shape index (κ3) is 4.09. The molecule has 2 aromatic carbocycles. The second-order valence-electron chi connectivity index (χ2n) is 9.55. The number of ether oxygens (including phenoxy) is 2. The number of anilines is 2. The van der Waals surface area contributed by atoms with Crippen molar-refractivity contribution in [3.8, 4) is 22.8 Å². The number of nitrogens with zero attached hydrogens (tertiary/aromatic N) is 3. The van der Waals surface area contributed by atoms with Crippen LogP contribution in [-0.2, 0) is 19.3 Å². The van der Waals surface area contributed by atoms with E-state index in [2.05, 4.69) is 60.9 Å². The molecule has 0 amide bonds. The number of aromatic nitrogens is 2. The van der Waals surface area contributed by atoms with Gasteiger partial charge in [0.2, 0.25) is 0 Å². The SMILES string of the molecule is COc1ccc(CCNc2c(-c3cc4c5c(c3)CCCN5CCC4)nc3cccc(Br)n23)cc1OC. The van der Waals surface area contributed by atoms with Gasteiger partial charge in [0, 0.05) is 30.9 Å². The number of aryl methyl sites for hydroxylation is 2. The smallest absolute Gasteiger partial charge is 0.160 e. The summed E-state index contributed by atoms with van der Waals surface area (Å²) in [6.07, 6.45) is 5.59. The van der Waals surface area contributed by atoms with Gasteiger partial charge in [-0.05, 0) is 101 Å². The van der Waals surface area contributed by atoms with Gasteiger partial charge in [-0.15, -0.1) is 0 Å². The minimum atomic E-state index is 0.747. The zero-order valence-corrected chi connectivity index (χ0v) is 22.4. The van der Waals surface area contributed by atoms with Crippen LogP contribution in [0.3, 0.4) is 0 Å². The lowest BCUT2D eigenvalue weighted by Crippen LogP contribution is -2.34. The summed E-state index contributed by atoms with van der Waals surface area (Å²) < 4.78 is 14.0. The number of halogens is 1. The molecule has 2 aromatic heterocycles. The summed E-state index contributed by atoms with van der Waals surface area (Å²) in [6, 6.07) is 17.0. The van der Waals surface area contributed by atoms with Crippen LogP contribution in [-0.4, -0.2) is 43.2 Å². The van der Waals surface area contributed by atoms with Crippen molar-refractivity contribution in [2.45, 2.75) is 32.1 Å². The van der Waals surface area contributed by atoms with Crippen molar-refractivity contribution in [1.29, 1.82) is 0 Å². The van der Waals surface area contributed by atoms with E-state index in [4.69, 9.17) is 14.5 Å². The quantitative estimate of drug-likeness (QED) is 0.282. The monoisotopic (exact) mass is 546 g/mol. The van der Waals surface area contributed by atoms with Crippen molar-refractivity contribution in [2.75, 3.05) is 44.1 Å². The predicted molar refractivity (Wildman–Crippen MR) is 149 cm³/mol.